The first-order valence-corrected chi connectivity index (χ1v) is 7.74. The molecule has 0 spiro atoms. The molecular formula is C16H20FN5O. The third kappa shape index (κ3) is 3.73. The molecule has 1 fully saturated rings. The minimum absolute atomic E-state index is 0.0888. The lowest BCUT2D eigenvalue weighted by Crippen LogP contribution is -2.30. The van der Waals surface area contributed by atoms with Crippen LogP contribution in [0.25, 0.3) is 0 Å². The van der Waals surface area contributed by atoms with Gasteiger partial charge in [-0.25, -0.2) is 9.07 Å². The van der Waals surface area contributed by atoms with E-state index in [4.69, 9.17) is 0 Å². The molecule has 1 N–H and O–H groups in total. The number of hydrogen-bond acceptors (Lipinski definition) is 4. The van der Waals surface area contributed by atoms with Crippen molar-refractivity contribution in [3.8, 4) is 0 Å². The van der Waals surface area contributed by atoms with Crippen LogP contribution in [0.5, 0.6) is 0 Å². The van der Waals surface area contributed by atoms with Gasteiger partial charge >= 0.3 is 0 Å². The Balaban J connectivity index is 1.64. The summed E-state index contributed by atoms with van der Waals surface area (Å²) in [6.45, 7) is 2.80. The van der Waals surface area contributed by atoms with Gasteiger partial charge in [-0.1, -0.05) is 17.3 Å². The zero-order valence-electron chi connectivity index (χ0n) is 13.1. The number of nitrogens with zero attached hydrogens (tertiary/aromatic N) is 4. The third-order valence-corrected chi connectivity index (χ3v) is 4.06. The van der Waals surface area contributed by atoms with E-state index in [1.807, 2.05) is 18.0 Å². The van der Waals surface area contributed by atoms with Crippen molar-refractivity contribution in [3.05, 3.63) is 47.5 Å². The Kier molecular flexibility index (Phi) is 4.66. The van der Waals surface area contributed by atoms with Crippen molar-refractivity contribution >= 4 is 5.91 Å². The van der Waals surface area contributed by atoms with Crippen molar-refractivity contribution in [2.75, 3.05) is 26.7 Å². The highest BCUT2D eigenvalue weighted by Crippen LogP contribution is 2.17. The van der Waals surface area contributed by atoms with E-state index < -0.39 is 0 Å². The summed E-state index contributed by atoms with van der Waals surface area (Å²) in [5.74, 6) is 0.118. The molecule has 1 atom stereocenters. The highest BCUT2D eigenvalue weighted by Gasteiger charge is 2.27. The molecule has 6 nitrogen and oxygen atoms in total. The largest absolute Gasteiger partial charge is 0.337 e. The molecular weight excluding hydrogens is 297 g/mol. The SMILES string of the molecule is CNCC1CCN(C(=O)c2cn(Cc3cccc(F)c3)nn2)C1. The quantitative estimate of drug-likeness (QED) is 0.898. The number of aromatic nitrogens is 3. The molecule has 0 aliphatic carbocycles. The van der Waals surface area contributed by atoms with Gasteiger partial charge in [0, 0.05) is 13.1 Å². The lowest BCUT2D eigenvalue weighted by molar-refractivity contribution is 0.0781. The molecule has 1 saturated heterocycles. The van der Waals surface area contributed by atoms with Gasteiger partial charge in [-0.2, -0.15) is 0 Å². The van der Waals surface area contributed by atoms with Crippen LogP contribution in [-0.4, -0.2) is 52.5 Å². The summed E-state index contributed by atoms with van der Waals surface area (Å²) in [5.41, 5.74) is 1.12. The minimum Gasteiger partial charge on any atom is -0.337 e. The van der Waals surface area contributed by atoms with Crippen LogP contribution in [0.1, 0.15) is 22.5 Å². The monoisotopic (exact) mass is 317 g/mol. The molecule has 7 heteroatoms. The van der Waals surface area contributed by atoms with Crippen molar-refractivity contribution in [1.29, 1.82) is 0 Å². The summed E-state index contributed by atoms with van der Waals surface area (Å²) in [4.78, 5) is 14.3. The molecule has 1 amide bonds. The maximum absolute atomic E-state index is 13.2. The Bertz CT molecular complexity index is 687. The van der Waals surface area contributed by atoms with Crippen LogP contribution >= 0.6 is 0 Å². The number of hydrogen-bond donors (Lipinski definition) is 1. The summed E-state index contributed by atoms with van der Waals surface area (Å²) in [6.07, 6.45) is 2.63. The van der Waals surface area contributed by atoms with Crippen LogP contribution in [0.15, 0.2) is 30.5 Å². The van der Waals surface area contributed by atoms with Gasteiger partial charge in [0.15, 0.2) is 5.69 Å². The first-order valence-electron chi connectivity index (χ1n) is 7.74. The molecule has 0 radical (unpaired) electrons. The van der Waals surface area contributed by atoms with Crippen LogP contribution in [-0.2, 0) is 6.54 Å². The highest BCUT2D eigenvalue weighted by atomic mass is 19.1. The van der Waals surface area contributed by atoms with E-state index in [1.165, 1.54) is 12.1 Å². The first kappa shape index (κ1) is 15.6. The number of rotatable bonds is 5. The zero-order valence-corrected chi connectivity index (χ0v) is 13.1. The smallest absolute Gasteiger partial charge is 0.276 e. The second-order valence-corrected chi connectivity index (χ2v) is 5.89. The number of carbonyl (C=O) groups excluding carboxylic acids is 1. The van der Waals surface area contributed by atoms with Gasteiger partial charge in [-0.15, -0.1) is 5.10 Å². The van der Waals surface area contributed by atoms with Gasteiger partial charge < -0.3 is 10.2 Å². The molecule has 0 bridgehead atoms. The number of carbonyl (C=O) groups is 1. The van der Waals surface area contributed by atoms with Gasteiger partial charge in [-0.05, 0) is 43.6 Å². The molecule has 1 aliphatic heterocycles. The molecule has 122 valence electrons. The van der Waals surface area contributed by atoms with E-state index in [9.17, 15) is 9.18 Å². The second-order valence-electron chi connectivity index (χ2n) is 5.89. The fourth-order valence-electron chi connectivity index (χ4n) is 2.93. The van der Waals surface area contributed by atoms with E-state index >= 15 is 0 Å². The van der Waals surface area contributed by atoms with E-state index in [0.717, 1.165) is 31.6 Å². The maximum Gasteiger partial charge on any atom is 0.276 e. The van der Waals surface area contributed by atoms with E-state index in [2.05, 4.69) is 15.6 Å². The van der Waals surface area contributed by atoms with Crippen molar-refractivity contribution < 1.29 is 9.18 Å². The molecule has 1 aromatic carbocycles. The third-order valence-electron chi connectivity index (χ3n) is 4.06. The lowest BCUT2D eigenvalue weighted by atomic mass is 10.1. The number of likely N-dealkylation sites (tertiary alicyclic amines) is 1. The average Bonchev–Trinajstić information content (AvgIpc) is 3.17. The first-order chi connectivity index (χ1) is 11.2. The zero-order chi connectivity index (χ0) is 16.2. The second kappa shape index (κ2) is 6.87. The molecule has 3 rings (SSSR count). The van der Waals surface area contributed by atoms with Gasteiger partial charge in [0.05, 0.1) is 12.7 Å². The Morgan fingerprint density at radius 1 is 1.48 bits per heavy atom. The molecule has 2 heterocycles. The summed E-state index contributed by atoms with van der Waals surface area (Å²) < 4.78 is 14.8. The Labute approximate surface area is 134 Å². The summed E-state index contributed by atoms with van der Waals surface area (Å²) in [7, 11) is 1.92. The van der Waals surface area contributed by atoms with E-state index in [0.29, 0.717) is 18.2 Å². The Morgan fingerprint density at radius 3 is 3.13 bits per heavy atom. The van der Waals surface area contributed by atoms with Crippen LogP contribution < -0.4 is 5.32 Å². The fraction of sp³-hybridized carbons (Fsp3) is 0.438. The van der Waals surface area contributed by atoms with Gasteiger partial charge in [0.1, 0.15) is 5.82 Å². The van der Waals surface area contributed by atoms with Crippen molar-refractivity contribution in [2.45, 2.75) is 13.0 Å². The molecule has 1 aromatic heterocycles. The van der Waals surface area contributed by atoms with Gasteiger partial charge in [-0.3, -0.25) is 4.79 Å². The average molecular weight is 317 g/mol. The lowest BCUT2D eigenvalue weighted by Gasteiger charge is -2.14. The molecule has 23 heavy (non-hydrogen) atoms. The number of nitrogens with one attached hydrogen (secondary N) is 1. The van der Waals surface area contributed by atoms with Crippen LogP contribution in [0.4, 0.5) is 4.39 Å². The van der Waals surface area contributed by atoms with Gasteiger partial charge in [0.25, 0.3) is 5.91 Å². The number of benzene rings is 1. The molecule has 1 unspecified atom stereocenters. The highest BCUT2D eigenvalue weighted by molar-refractivity contribution is 5.92. The topological polar surface area (TPSA) is 63.1 Å². The molecule has 2 aromatic rings. The van der Waals surface area contributed by atoms with E-state index in [1.54, 1.807) is 16.9 Å². The molecule has 0 saturated carbocycles. The van der Waals surface area contributed by atoms with Crippen molar-refractivity contribution in [3.63, 3.8) is 0 Å². The van der Waals surface area contributed by atoms with Crippen LogP contribution in [0.2, 0.25) is 0 Å². The normalized spacial score (nSPS) is 17.7. The predicted octanol–water partition coefficient (Wildman–Crippen LogP) is 1.15. The summed E-state index contributed by atoms with van der Waals surface area (Å²) in [5, 5.41) is 11.1. The maximum atomic E-state index is 13.2. The Morgan fingerprint density at radius 2 is 2.35 bits per heavy atom. The standard InChI is InChI=1S/C16H20FN5O/c1-18-8-13-5-6-21(9-13)16(23)15-11-22(20-19-15)10-12-3-2-4-14(17)7-12/h2-4,7,11,13,18H,5-6,8-10H2,1H3. The minimum atomic E-state index is -0.286. The van der Waals surface area contributed by atoms with Gasteiger partial charge in [0.2, 0.25) is 0 Å². The number of amides is 1. The van der Waals surface area contributed by atoms with Crippen LogP contribution in [0, 0.1) is 11.7 Å². The van der Waals surface area contributed by atoms with Crippen LogP contribution in [0.3, 0.4) is 0 Å². The van der Waals surface area contributed by atoms with Crippen molar-refractivity contribution in [2.24, 2.45) is 5.92 Å². The summed E-state index contributed by atoms with van der Waals surface area (Å²) in [6, 6.07) is 6.32. The van der Waals surface area contributed by atoms with E-state index in [-0.39, 0.29) is 11.7 Å². The van der Waals surface area contributed by atoms with Crippen molar-refractivity contribution in [1.82, 2.24) is 25.2 Å². The summed E-state index contributed by atoms with van der Waals surface area (Å²) >= 11 is 0. The number of halogens is 1. The predicted molar refractivity (Wildman–Crippen MR) is 83.5 cm³/mol. The molecule has 1 aliphatic rings. The fourth-order valence-corrected chi connectivity index (χ4v) is 2.93. The Hall–Kier alpha value is -2.28.